The number of nitrogens with zero attached hydrogens (tertiary/aromatic N) is 4. The highest BCUT2D eigenvalue weighted by atomic mass is 16.5. The van der Waals surface area contributed by atoms with E-state index in [1.165, 1.54) is 0 Å². The topological polar surface area (TPSA) is 51.1 Å². The van der Waals surface area contributed by atoms with E-state index >= 15 is 0 Å². The number of pyridine rings is 1. The van der Waals surface area contributed by atoms with Gasteiger partial charge in [-0.3, -0.25) is 0 Å². The zero-order valence-corrected chi connectivity index (χ0v) is 10.6. The molecule has 1 aliphatic heterocycles. The lowest BCUT2D eigenvalue weighted by Gasteiger charge is -2.36. The Morgan fingerprint density at radius 2 is 1.72 bits per heavy atom. The maximum atomic E-state index is 5.76. The van der Waals surface area contributed by atoms with Gasteiger partial charge in [0.1, 0.15) is 5.52 Å². The molecule has 0 saturated carbocycles. The normalized spacial score (nSPS) is 24.4. The van der Waals surface area contributed by atoms with Crippen LogP contribution in [0.3, 0.4) is 0 Å². The second-order valence-corrected chi connectivity index (χ2v) is 4.72. The molecule has 0 bridgehead atoms. The van der Waals surface area contributed by atoms with Crippen LogP contribution in [0.25, 0.3) is 11.2 Å². The SMILES string of the molecule is C[C@@H]1CN(c2ccnc3nccnc23)C[C@@H](C)O1. The van der Waals surface area contributed by atoms with Crippen molar-refractivity contribution in [3.8, 4) is 0 Å². The maximum absolute atomic E-state index is 5.76. The van der Waals surface area contributed by atoms with Crippen LogP contribution < -0.4 is 4.90 Å². The summed E-state index contributed by atoms with van der Waals surface area (Å²) in [7, 11) is 0. The van der Waals surface area contributed by atoms with Gasteiger partial charge in [-0.05, 0) is 19.9 Å². The number of anilines is 1. The number of hydrogen-bond acceptors (Lipinski definition) is 5. The molecule has 3 rings (SSSR count). The summed E-state index contributed by atoms with van der Waals surface area (Å²) >= 11 is 0. The number of hydrogen-bond donors (Lipinski definition) is 0. The number of morpholine rings is 1. The van der Waals surface area contributed by atoms with Crippen molar-refractivity contribution in [3.63, 3.8) is 0 Å². The predicted molar refractivity (Wildman–Crippen MR) is 69.6 cm³/mol. The number of rotatable bonds is 1. The first-order valence-corrected chi connectivity index (χ1v) is 6.20. The Bertz CT molecular complexity index is 544. The summed E-state index contributed by atoms with van der Waals surface area (Å²) in [5.41, 5.74) is 2.65. The standard InChI is InChI=1S/C13H16N4O/c1-9-7-17(8-10(2)18-9)11-3-4-15-13-12(11)14-5-6-16-13/h3-6,9-10H,7-8H2,1-2H3/t9-,10-/m1/s1. The Balaban J connectivity index is 2.03. The van der Waals surface area contributed by atoms with Crippen molar-refractivity contribution in [2.75, 3.05) is 18.0 Å². The molecule has 0 aromatic carbocycles. The van der Waals surface area contributed by atoms with Crippen LogP contribution in [0.1, 0.15) is 13.8 Å². The van der Waals surface area contributed by atoms with Crippen molar-refractivity contribution in [3.05, 3.63) is 24.7 Å². The van der Waals surface area contributed by atoms with Crippen LogP contribution in [-0.4, -0.2) is 40.2 Å². The number of fused-ring (bicyclic) bond motifs is 1. The van der Waals surface area contributed by atoms with Gasteiger partial charge in [0.25, 0.3) is 0 Å². The van der Waals surface area contributed by atoms with Gasteiger partial charge in [-0.25, -0.2) is 15.0 Å². The minimum atomic E-state index is 0.230. The van der Waals surface area contributed by atoms with Crippen molar-refractivity contribution < 1.29 is 4.74 Å². The van der Waals surface area contributed by atoms with Gasteiger partial charge in [0.05, 0.1) is 17.9 Å². The monoisotopic (exact) mass is 244 g/mol. The fourth-order valence-corrected chi connectivity index (χ4v) is 2.49. The van der Waals surface area contributed by atoms with E-state index in [1.54, 1.807) is 18.6 Å². The predicted octanol–water partition coefficient (Wildman–Crippen LogP) is 1.64. The molecule has 1 fully saturated rings. The van der Waals surface area contributed by atoms with Crippen LogP contribution in [0.15, 0.2) is 24.7 Å². The maximum Gasteiger partial charge on any atom is 0.180 e. The van der Waals surface area contributed by atoms with Crippen LogP contribution in [-0.2, 0) is 4.74 Å². The lowest BCUT2D eigenvalue weighted by molar-refractivity contribution is -0.00514. The molecule has 5 heteroatoms. The summed E-state index contributed by atoms with van der Waals surface area (Å²) in [6, 6.07) is 2.00. The van der Waals surface area contributed by atoms with Crippen LogP contribution in [0, 0.1) is 0 Å². The lowest BCUT2D eigenvalue weighted by Crippen LogP contribution is -2.45. The first-order chi connectivity index (χ1) is 8.74. The summed E-state index contributed by atoms with van der Waals surface area (Å²) in [4.78, 5) is 15.2. The molecular weight excluding hydrogens is 228 g/mol. The van der Waals surface area contributed by atoms with E-state index in [1.807, 2.05) is 6.07 Å². The minimum Gasteiger partial charge on any atom is -0.372 e. The third-order valence-corrected chi connectivity index (χ3v) is 3.11. The van der Waals surface area contributed by atoms with Gasteiger partial charge < -0.3 is 9.64 Å². The Hall–Kier alpha value is -1.75. The molecule has 1 aliphatic rings. The van der Waals surface area contributed by atoms with Crippen molar-refractivity contribution in [1.29, 1.82) is 0 Å². The second kappa shape index (κ2) is 4.49. The quantitative estimate of drug-likeness (QED) is 0.763. The highest BCUT2D eigenvalue weighted by Gasteiger charge is 2.24. The Morgan fingerprint density at radius 3 is 2.50 bits per heavy atom. The van der Waals surface area contributed by atoms with Crippen molar-refractivity contribution >= 4 is 16.9 Å². The largest absolute Gasteiger partial charge is 0.372 e. The Labute approximate surface area is 106 Å². The van der Waals surface area contributed by atoms with Gasteiger partial charge >= 0.3 is 0 Å². The molecule has 0 N–H and O–H groups in total. The smallest absolute Gasteiger partial charge is 0.180 e. The first kappa shape index (κ1) is 11.3. The van der Waals surface area contributed by atoms with Gasteiger partial charge in [-0.2, -0.15) is 0 Å². The van der Waals surface area contributed by atoms with Gasteiger partial charge in [-0.1, -0.05) is 0 Å². The van der Waals surface area contributed by atoms with E-state index in [-0.39, 0.29) is 12.2 Å². The molecule has 0 radical (unpaired) electrons. The fourth-order valence-electron chi connectivity index (χ4n) is 2.49. The van der Waals surface area contributed by atoms with E-state index in [0.29, 0.717) is 5.65 Å². The van der Waals surface area contributed by atoms with Crippen molar-refractivity contribution in [1.82, 2.24) is 15.0 Å². The Morgan fingerprint density at radius 1 is 1.06 bits per heavy atom. The molecule has 5 nitrogen and oxygen atoms in total. The molecule has 18 heavy (non-hydrogen) atoms. The summed E-state index contributed by atoms with van der Waals surface area (Å²) < 4.78 is 5.76. The van der Waals surface area contributed by atoms with E-state index in [4.69, 9.17) is 4.74 Å². The van der Waals surface area contributed by atoms with Gasteiger partial charge in [0, 0.05) is 31.7 Å². The zero-order valence-electron chi connectivity index (χ0n) is 10.6. The summed E-state index contributed by atoms with van der Waals surface area (Å²) in [6.07, 6.45) is 5.63. The number of aromatic nitrogens is 3. The molecule has 0 aliphatic carbocycles. The van der Waals surface area contributed by atoms with E-state index in [0.717, 1.165) is 24.3 Å². The van der Waals surface area contributed by atoms with Crippen LogP contribution in [0.2, 0.25) is 0 Å². The summed E-state index contributed by atoms with van der Waals surface area (Å²) in [6.45, 7) is 5.94. The van der Waals surface area contributed by atoms with Crippen LogP contribution in [0.5, 0.6) is 0 Å². The fraction of sp³-hybridized carbons (Fsp3) is 0.462. The van der Waals surface area contributed by atoms with Crippen LogP contribution >= 0.6 is 0 Å². The highest BCUT2D eigenvalue weighted by molar-refractivity contribution is 5.85. The van der Waals surface area contributed by atoms with Gasteiger partial charge in [-0.15, -0.1) is 0 Å². The second-order valence-electron chi connectivity index (χ2n) is 4.72. The average molecular weight is 244 g/mol. The molecule has 1 saturated heterocycles. The third-order valence-electron chi connectivity index (χ3n) is 3.11. The molecule has 2 atom stereocenters. The van der Waals surface area contributed by atoms with Crippen molar-refractivity contribution in [2.45, 2.75) is 26.1 Å². The molecule has 0 unspecified atom stereocenters. The highest BCUT2D eigenvalue weighted by Crippen LogP contribution is 2.25. The third kappa shape index (κ3) is 2.01. The molecule has 0 amide bonds. The summed E-state index contributed by atoms with van der Waals surface area (Å²) in [5, 5.41) is 0. The molecule has 0 spiro atoms. The molecule has 3 heterocycles. The van der Waals surface area contributed by atoms with Crippen LogP contribution in [0.4, 0.5) is 5.69 Å². The van der Waals surface area contributed by atoms with E-state index in [2.05, 4.69) is 33.7 Å². The first-order valence-electron chi connectivity index (χ1n) is 6.20. The van der Waals surface area contributed by atoms with Crippen molar-refractivity contribution in [2.24, 2.45) is 0 Å². The average Bonchev–Trinajstić information content (AvgIpc) is 2.37. The molecule has 2 aromatic heterocycles. The Kier molecular flexibility index (Phi) is 2.83. The van der Waals surface area contributed by atoms with Gasteiger partial charge in [0.2, 0.25) is 0 Å². The van der Waals surface area contributed by atoms with E-state index in [9.17, 15) is 0 Å². The summed E-state index contributed by atoms with van der Waals surface area (Å²) in [5.74, 6) is 0. The van der Waals surface area contributed by atoms with E-state index < -0.39 is 0 Å². The molecular formula is C13H16N4O. The molecule has 94 valence electrons. The lowest BCUT2D eigenvalue weighted by atomic mass is 10.2. The van der Waals surface area contributed by atoms with Gasteiger partial charge in [0.15, 0.2) is 5.65 Å². The molecule has 2 aromatic rings. The number of ether oxygens (including phenoxy) is 1. The minimum absolute atomic E-state index is 0.230. The zero-order chi connectivity index (χ0) is 12.5.